The number of hydrogen-bond donors (Lipinski definition) is 0. The Morgan fingerprint density at radius 1 is 1.24 bits per heavy atom. The number of aromatic nitrogens is 2. The van der Waals surface area contributed by atoms with Crippen LogP contribution in [0.1, 0.15) is 37.0 Å². The Morgan fingerprint density at radius 3 is 2.67 bits per heavy atom. The molecule has 0 spiro atoms. The molecule has 112 valence electrons. The van der Waals surface area contributed by atoms with Crippen molar-refractivity contribution < 1.29 is 12.9 Å². The lowest BCUT2D eigenvalue weighted by Gasteiger charge is -2.32. The van der Waals surface area contributed by atoms with E-state index in [4.69, 9.17) is 4.52 Å². The van der Waals surface area contributed by atoms with Crippen LogP contribution in [0, 0.1) is 6.92 Å². The van der Waals surface area contributed by atoms with E-state index in [9.17, 15) is 8.42 Å². The summed E-state index contributed by atoms with van der Waals surface area (Å²) in [6, 6.07) is 8.10. The first-order valence-corrected chi connectivity index (χ1v) is 8.40. The highest BCUT2D eigenvalue weighted by Crippen LogP contribution is 2.34. The second kappa shape index (κ2) is 5.57. The number of rotatable bonds is 3. The van der Waals surface area contributed by atoms with Crippen LogP contribution in [0.25, 0.3) is 0 Å². The predicted octanol–water partition coefficient (Wildman–Crippen LogP) is 2.29. The van der Waals surface area contributed by atoms with Gasteiger partial charge in [0.2, 0.25) is 15.9 Å². The van der Waals surface area contributed by atoms with Crippen molar-refractivity contribution in [3.05, 3.63) is 42.0 Å². The second-order valence-corrected chi connectivity index (χ2v) is 7.01. The van der Waals surface area contributed by atoms with E-state index in [1.54, 1.807) is 37.3 Å². The summed E-state index contributed by atoms with van der Waals surface area (Å²) in [7, 11) is -3.54. The van der Waals surface area contributed by atoms with Crippen molar-refractivity contribution in [2.24, 2.45) is 0 Å². The fourth-order valence-corrected chi connectivity index (χ4v) is 4.29. The number of benzene rings is 1. The number of piperidine rings is 1. The van der Waals surface area contributed by atoms with Gasteiger partial charge in [-0.1, -0.05) is 29.8 Å². The van der Waals surface area contributed by atoms with Crippen LogP contribution >= 0.6 is 0 Å². The van der Waals surface area contributed by atoms with E-state index in [2.05, 4.69) is 10.1 Å². The molecule has 0 N–H and O–H groups in total. The fourth-order valence-electron chi connectivity index (χ4n) is 2.62. The first kappa shape index (κ1) is 14.2. The van der Waals surface area contributed by atoms with Crippen LogP contribution in [0.15, 0.2) is 39.8 Å². The molecule has 0 unspecified atom stereocenters. The molecule has 1 aromatic heterocycles. The summed E-state index contributed by atoms with van der Waals surface area (Å²) in [5, 5.41) is 3.77. The zero-order valence-corrected chi connectivity index (χ0v) is 12.6. The number of hydrogen-bond acceptors (Lipinski definition) is 5. The Hall–Kier alpha value is -1.73. The molecule has 0 bridgehead atoms. The van der Waals surface area contributed by atoms with Gasteiger partial charge in [-0.2, -0.15) is 9.29 Å². The first-order valence-electron chi connectivity index (χ1n) is 6.96. The molecular weight excluding hydrogens is 290 g/mol. The van der Waals surface area contributed by atoms with Gasteiger partial charge in [0.15, 0.2) is 5.82 Å². The Balaban J connectivity index is 1.98. The van der Waals surface area contributed by atoms with E-state index in [0.29, 0.717) is 29.6 Å². The van der Waals surface area contributed by atoms with Crippen molar-refractivity contribution in [2.45, 2.75) is 37.1 Å². The molecule has 21 heavy (non-hydrogen) atoms. The molecule has 1 aromatic carbocycles. The standard InChI is InChI=1S/C14H17N3O3S/c1-11-15-14(20-16-11)13-9-5-6-10-17(13)21(18,19)12-7-3-2-4-8-12/h2-4,7-8,13H,5-6,9-10H2,1H3/t13-/m0/s1. The molecule has 7 heteroatoms. The quantitative estimate of drug-likeness (QED) is 0.869. The smallest absolute Gasteiger partial charge is 0.245 e. The molecule has 1 saturated heterocycles. The normalized spacial score (nSPS) is 20.5. The SMILES string of the molecule is Cc1noc([C@@H]2CCCCN2S(=O)(=O)c2ccccc2)n1. The summed E-state index contributed by atoms with van der Waals surface area (Å²) in [6.45, 7) is 2.20. The molecule has 3 rings (SSSR count). The zero-order chi connectivity index (χ0) is 14.9. The lowest BCUT2D eigenvalue weighted by Crippen LogP contribution is -2.38. The lowest BCUT2D eigenvalue weighted by atomic mass is 10.1. The van der Waals surface area contributed by atoms with E-state index in [-0.39, 0.29) is 6.04 Å². The Kier molecular flexibility index (Phi) is 3.77. The summed E-state index contributed by atoms with van der Waals surface area (Å²) in [5.41, 5.74) is 0. The maximum atomic E-state index is 12.8. The molecule has 1 aliphatic heterocycles. The third-order valence-electron chi connectivity index (χ3n) is 3.63. The van der Waals surface area contributed by atoms with Crippen LogP contribution in [-0.4, -0.2) is 29.4 Å². The van der Waals surface area contributed by atoms with Crippen molar-refractivity contribution in [2.75, 3.05) is 6.54 Å². The van der Waals surface area contributed by atoms with Gasteiger partial charge < -0.3 is 4.52 Å². The third kappa shape index (κ3) is 2.71. The van der Waals surface area contributed by atoms with Gasteiger partial charge in [0, 0.05) is 6.54 Å². The van der Waals surface area contributed by atoms with Crippen LogP contribution in [0.2, 0.25) is 0 Å². The molecule has 0 radical (unpaired) electrons. The minimum Gasteiger partial charge on any atom is -0.338 e. The minimum atomic E-state index is -3.54. The van der Waals surface area contributed by atoms with Crippen LogP contribution in [0.4, 0.5) is 0 Å². The average molecular weight is 307 g/mol. The number of nitrogens with zero attached hydrogens (tertiary/aromatic N) is 3. The predicted molar refractivity (Wildman–Crippen MR) is 76.0 cm³/mol. The molecule has 6 nitrogen and oxygen atoms in total. The topological polar surface area (TPSA) is 76.3 Å². The molecule has 0 amide bonds. The van der Waals surface area contributed by atoms with E-state index < -0.39 is 10.0 Å². The van der Waals surface area contributed by atoms with Crippen LogP contribution < -0.4 is 0 Å². The van der Waals surface area contributed by atoms with Crippen LogP contribution in [0.5, 0.6) is 0 Å². The van der Waals surface area contributed by atoms with Gasteiger partial charge >= 0.3 is 0 Å². The van der Waals surface area contributed by atoms with Crippen molar-refractivity contribution in [1.29, 1.82) is 0 Å². The molecule has 1 fully saturated rings. The monoisotopic (exact) mass is 307 g/mol. The zero-order valence-electron chi connectivity index (χ0n) is 11.8. The van der Waals surface area contributed by atoms with E-state index in [1.807, 2.05) is 0 Å². The fraction of sp³-hybridized carbons (Fsp3) is 0.429. The highest BCUT2D eigenvalue weighted by Gasteiger charge is 2.37. The Labute approximate surface area is 123 Å². The van der Waals surface area contributed by atoms with Crippen LogP contribution in [0.3, 0.4) is 0 Å². The average Bonchev–Trinajstić information content (AvgIpc) is 2.95. The van der Waals surface area contributed by atoms with Crippen molar-refractivity contribution in [1.82, 2.24) is 14.4 Å². The molecule has 2 heterocycles. The molecule has 0 aliphatic carbocycles. The van der Waals surface area contributed by atoms with Gasteiger partial charge in [-0.15, -0.1) is 0 Å². The summed E-state index contributed by atoms with van der Waals surface area (Å²) < 4.78 is 32.3. The van der Waals surface area contributed by atoms with Gasteiger partial charge in [-0.05, 0) is 31.9 Å². The van der Waals surface area contributed by atoms with Gasteiger partial charge in [0.25, 0.3) is 0 Å². The minimum absolute atomic E-state index is 0.299. The third-order valence-corrected chi connectivity index (χ3v) is 5.55. The van der Waals surface area contributed by atoms with E-state index in [0.717, 1.165) is 12.8 Å². The maximum Gasteiger partial charge on any atom is 0.245 e. The number of aryl methyl sites for hydroxylation is 1. The van der Waals surface area contributed by atoms with Crippen LogP contribution in [-0.2, 0) is 10.0 Å². The van der Waals surface area contributed by atoms with Gasteiger partial charge in [-0.3, -0.25) is 0 Å². The lowest BCUT2D eigenvalue weighted by molar-refractivity contribution is 0.204. The van der Waals surface area contributed by atoms with Crippen molar-refractivity contribution in [3.63, 3.8) is 0 Å². The Morgan fingerprint density at radius 2 is 2.00 bits per heavy atom. The van der Waals surface area contributed by atoms with E-state index in [1.165, 1.54) is 4.31 Å². The van der Waals surface area contributed by atoms with Gasteiger partial charge in [0.1, 0.15) is 6.04 Å². The van der Waals surface area contributed by atoms with E-state index >= 15 is 0 Å². The van der Waals surface area contributed by atoms with Crippen molar-refractivity contribution in [3.8, 4) is 0 Å². The first-order chi connectivity index (χ1) is 10.1. The molecule has 0 saturated carbocycles. The summed E-state index contributed by atoms with van der Waals surface area (Å²) in [5.74, 6) is 0.902. The van der Waals surface area contributed by atoms with Gasteiger partial charge in [0.05, 0.1) is 4.90 Å². The number of sulfonamides is 1. The van der Waals surface area contributed by atoms with Gasteiger partial charge in [-0.25, -0.2) is 8.42 Å². The summed E-state index contributed by atoms with van der Waals surface area (Å²) in [6.07, 6.45) is 2.50. The highest BCUT2D eigenvalue weighted by atomic mass is 32.2. The highest BCUT2D eigenvalue weighted by molar-refractivity contribution is 7.89. The summed E-state index contributed by atoms with van der Waals surface area (Å²) in [4.78, 5) is 4.51. The molecule has 2 aromatic rings. The van der Waals surface area contributed by atoms with Crippen molar-refractivity contribution >= 4 is 10.0 Å². The second-order valence-electron chi connectivity index (χ2n) is 5.12. The molecule has 1 aliphatic rings. The molecule has 1 atom stereocenters. The maximum absolute atomic E-state index is 12.8. The Bertz CT molecular complexity index is 712. The largest absolute Gasteiger partial charge is 0.338 e. The molecular formula is C14H17N3O3S. The summed E-state index contributed by atoms with van der Waals surface area (Å²) >= 11 is 0.